The fraction of sp³-hybridized carbons (Fsp3) is 0.950. The zero-order valence-electron chi connectivity index (χ0n) is 15.7. The van der Waals surface area contributed by atoms with Gasteiger partial charge in [0, 0.05) is 0 Å². The van der Waals surface area contributed by atoms with Crippen molar-refractivity contribution >= 4 is 5.97 Å². The molecule has 1 atom stereocenters. The standard InChI is InChI=1S/C20H41NO2/c1-3-5-16-20(4-2,19(22)23)17-14-12-10-8-6-7-9-11-13-15-18-21/h3-18,21H2,1-2H3,(H,22,23). The highest BCUT2D eigenvalue weighted by molar-refractivity contribution is 5.74. The number of carboxylic acid groups (broad SMARTS) is 1. The number of nitrogens with two attached hydrogens (primary N) is 1. The van der Waals surface area contributed by atoms with Crippen LogP contribution in [-0.2, 0) is 4.79 Å². The van der Waals surface area contributed by atoms with Crippen molar-refractivity contribution < 1.29 is 9.90 Å². The number of unbranched alkanes of at least 4 members (excludes halogenated alkanes) is 10. The maximum Gasteiger partial charge on any atom is 0.309 e. The normalized spacial score (nSPS) is 13.9. The van der Waals surface area contributed by atoms with Crippen LogP contribution in [0, 0.1) is 5.41 Å². The smallest absolute Gasteiger partial charge is 0.309 e. The zero-order chi connectivity index (χ0) is 17.4. The Morgan fingerprint density at radius 1 is 0.783 bits per heavy atom. The number of hydrogen-bond donors (Lipinski definition) is 2. The Morgan fingerprint density at radius 2 is 1.22 bits per heavy atom. The summed E-state index contributed by atoms with van der Waals surface area (Å²) in [7, 11) is 0. The van der Waals surface area contributed by atoms with Crippen LogP contribution in [0.4, 0.5) is 0 Å². The largest absolute Gasteiger partial charge is 0.481 e. The van der Waals surface area contributed by atoms with Gasteiger partial charge >= 0.3 is 5.97 Å². The van der Waals surface area contributed by atoms with Gasteiger partial charge in [0.1, 0.15) is 0 Å². The lowest BCUT2D eigenvalue weighted by Crippen LogP contribution is -2.30. The number of aliphatic carboxylic acids is 1. The Kier molecular flexibility index (Phi) is 14.6. The van der Waals surface area contributed by atoms with Crippen molar-refractivity contribution in [2.45, 2.75) is 110 Å². The average Bonchev–Trinajstić information content (AvgIpc) is 2.55. The highest BCUT2D eigenvalue weighted by Crippen LogP contribution is 2.35. The second-order valence-electron chi connectivity index (χ2n) is 7.12. The number of rotatable bonds is 17. The molecule has 0 rings (SSSR count). The molecule has 0 spiro atoms. The molecule has 23 heavy (non-hydrogen) atoms. The quantitative estimate of drug-likeness (QED) is 0.326. The molecule has 3 N–H and O–H groups in total. The van der Waals surface area contributed by atoms with E-state index in [2.05, 4.69) is 6.92 Å². The van der Waals surface area contributed by atoms with E-state index in [0.29, 0.717) is 0 Å². The molecule has 0 saturated heterocycles. The molecule has 0 amide bonds. The minimum Gasteiger partial charge on any atom is -0.481 e. The third kappa shape index (κ3) is 10.8. The van der Waals surface area contributed by atoms with Gasteiger partial charge in [-0.15, -0.1) is 0 Å². The number of hydrogen-bond acceptors (Lipinski definition) is 2. The molecule has 0 heterocycles. The minimum atomic E-state index is -0.578. The molecule has 0 saturated carbocycles. The molecule has 0 aromatic heterocycles. The molecule has 0 aromatic carbocycles. The van der Waals surface area contributed by atoms with E-state index in [1.807, 2.05) is 6.92 Å². The van der Waals surface area contributed by atoms with Gasteiger partial charge < -0.3 is 10.8 Å². The van der Waals surface area contributed by atoms with Gasteiger partial charge in [-0.25, -0.2) is 0 Å². The maximum absolute atomic E-state index is 11.7. The molecule has 0 aliphatic rings. The molecule has 0 fully saturated rings. The Morgan fingerprint density at radius 3 is 1.61 bits per heavy atom. The van der Waals surface area contributed by atoms with E-state index < -0.39 is 11.4 Å². The van der Waals surface area contributed by atoms with E-state index in [9.17, 15) is 9.90 Å². The zero-order valence-corrected chi connectivity index (χ0v) is 15.7. The molecule has 3 nitrogen and oxygen atoms in total. The lowest BCUT2D eigenvalue weighted by atomic mass is 9.76. The summed E-state index contributed by atoms with van der Waals surface area (Å²) in [5.74, 6) is -0.578. The molecule has 0 aliphatic carbocycles. The molecule has 0 radical (unpaired) electrons. The summed E-state index contributed by atoms with van der Waals surface area (Å²) >= 11 is 0. The summed E-state index contributed by atoms with van der Waals surface area (Å²) in [5, 5.41) is 9.60. The number of carbonyl (C=O) groups is 1. The predicted octanol–water partition coefficient (Wildman–Crippen LogP) is 5.91. The summed E-state index contributed by atoms with van der Waals surface area (Å²) in [6.45, 7) is 5.00. The first-order valence-corrected chi connectivity index (χ1v) is 10.1. The fourth-order valence-electron chi connectivity index (χ4n) is 3.38. The molecule has 0 aliphatic heterocycles. The Balaban J connectivity index is 3.68. The summed E-state index contributed by atoms with van der Waals surface area (Å²) in [6.07, 6.45) is 17.2. The monoisotopic (exact) mass is 327 g/mol. The van der Waals surface area contributed by atoms with E-state index in [0.717, 1.165) is 45.1 Å². The molecular formula is C20H41NO2. The van der Waals surface area contributed by atoms with Crippen LogP contribution in [0.3, 0.4) is 0 Å². The van der Waals surface area contributed by atoms with Gasteiger partial charge in [-0.1, -0.05) is 84.5 Å². The lowest BCUT2D eigenvalue weighted by molar-refractivity contribution is -0.150. The van der Waals surface area contributed by atoms with Gasteiger partial charge in [0.15, 0.2) is 0 Å². The first-order chi connectivity index (χ1) is 11.1. The van der Waals surface area contributed by atoms with Gasteiger partial charge in [-0.3, -0.25) is 4.79 Å². The summed E-state index contributed by atoms with van der Waals surface area (Å²) in [4.78, 5) is 11.7. The summed E-state index contributed by atoms with van der Waals surface area (Å²) < 4.78 is 0. The van der Waals surface area contributed by atoms with E-state index in [4.69, 9.17) is 5.73 Å². The van der Waals surface area contributed by atoms with Crippen molar-refractivity contribution in [3.63, 3.8) is 0 Å². The van der Waals surface area contributed by atoms with E-state index in [1.165, 1.54) is 57.8 Å². The SMILES string of the molecule is CCCCC(CC)(CCCCCCCCCCCCN)C(=O)O. The van der Waals surface area contributed by atoms with Crippen molar-refractivity contribution in [3.8, 4) is 0 Å². The van der Waals surface area contributed by atoms with Crippen LogP contribution in [0.25, 0.3) is 0 Å². The van der Waals surface area contributed by atoms with Gasteiger partial charge in [-0.05, 0) is 32.2 Å². The highest BCUT2D eigenvalue weighted by Gasteiger charge is 2.35. The Hall–Kier alpha value is -0.570. The van der Waals surface area contributed by atoms with E-state index in [1.54, 1.807) is 0 Å². The molecule has 0 bridgehead atoms. The second kappa shape index (κ2) is 15.0. The molecule has 138 valence electrons. The molecular weight excluding hydrogens is 286 g/mol. The molecule has 3 heteroatoms. The van der Waals surface area contributed by atoms with Gasteiger partial charge in [0.25, 0.3) is 0 Å². The maximum atomic E-state index is 11.7. The minimum absolute atomic E-state index is 0.459. The molecule has 0 aromatic rings. The predicted molar refractivity (Wildman–Crippen MR) is 99.7 cm³/mol. The second-order valence-corrected chi connectivity index (χ2v) is 7.12. The van der Waals surface area contributed by atoms with Crippen molar-refractivity contribution in [2.24, 2.45) is 11.1 Å². The van der Waals surface area contributed by atoms with Crippen molar-refractivity contribution in [1.82, 2.24) is 0 Å². The Labute approximate surface area is 144 Å². The topological polar surface area (TPSA) is 63.3 Å². The van der Waals surface area contributed by atoms with E-state index >= 15 is 0 Å². The van der Waals surface area contributed by atoms with E-state index in [-0.39, 0.29) is 0 Å². The third-order valence-corrected chi connectivity index (χ3v) is 5.25. The summed E-state index contributed by atoms with van der Waals surface area (Å²) in [6, 6.07) is 0. The number of carboxylic acids is 1. The first-order valence-electron chi connectivity index (χ1n) is 10.1. The van der Waals surface area contributed by atoms with Crippen molar-refractivity contribution in [1.29, 1.82) is 0 Å². The van der Waals surface area contributed by atoms with Crippen LogP contribution in [0.15, 0.2) is 0 Å². The first kappa shape index (κ1) is 22.4. The van der Waals surface area contributed by atoms with Gasteiger partial charge in [0.2, 0.25) is 0 Å². The van der Waals surface area contributed by atoms with Crippen molar-refractivity contribution in [3.05, 3.63) is 0 Å². The van der Waals surface area contributed by atoms with Crippen molar-refractivity contribution in [2.75, 3.05) is 6.54 Å². The molecule has 1 unspecified atom stereocenters. The lowest BCUT2D eigenvalue weighted by Gasteiger charge is -2.28. The highest BCUT2D eigenvalue weighted by atomic mass is 16.4. The fourth-order valence-corrected chi connectivity index (χ4v) is 3.38. The third-order valence-electron chi connectivity index (χ3n) is 5.25. The van der Waals surface area contributed by atoms with Crippen LogP contribution >= 0.6 is 0 Å². The van der Waals surface area contributed by atoms with Crippen LogP contribution in [-0.4, -0.2) is 17.6 Å². The van der Waals surface area contributed by atoms with Gasteiger partial charge in [-0.2, -0.15) is 0 Å². The van der Waals surface area contributed by atoms with Crippen LogP contribution in [0.1, 0.15) is 110 Å². The average molecular weight is 328 g/mol. The van der Waals surface area contributed by atoms with Gasteiger partial charge in [0.05, 0.1) is 5.41 Å². The Bertz CT molecular complexity index is 281. The van der Waals surface area contributed by atoms with Crippen LogP contribution < -0.4 is 5.73 Å². The van der Waals surface area contributed by atoms with Crippen LogP contribution in [0.5, 0.6) is 0 Å². The summed E-state index contributed by atoms with van der Waals surface area (Å²) in [5.41, 5.74) is 5.03. The van der Waals surface area contributed by atoms with Crippen LogP contribution in [0.2, 0.25) is 0 Å².